The molecule has 1 aliphatic heterocycles. The van der Waals surface area contributed by atoms with Gasteiger partial charge in [-0.2, -0.15) is 4.80 Å². The molecular formula is C33H36FN7O4. The minimum Gasteiger partial charge on any atom is -0.454 e. The molecule has 1 aromatic heterocycles. The van der Waals surface area contributed by atoms with Crippen LogP contribution in [0.4, 0.5) is 10.1 Å². The van der Waals surface area contributed by atoms with Crippen molar-refractivity contribution in [3.8, 4) is 22.9 Å². The fraction of sp³-hybridized carbons (Fsp3) is 0.364. The SMILES string of the molecule is CN(C)c1ccc(C(C(=O)NC2CCCCC2)N(Cc2ccc3c(c2)OCO3)C(=O)Cn2nnc(-c3ccc(F)cc3)n2)cc1. The first-order valence-electron chi connectivity index (χ1n) is 15.1. The molecule has 2 amide bonds. The summed E-state index contributed by atoms with van der Waals surface area (Å²) in [4.78, 5) is 33.1. The van der Waals surface area contributed by atoms with Crippen LogP contribution in [0.1, 0.15) is 49.3 Å². The molecule has 4 aromatic rings. The number of rotatable bonds is 10. The number of nitrogens with zero attached hydrogens (tertiary/aromatic N) is 6. The monoisotopic (exact) mass is 613 g/mol. The highest BCUT2D eigenvalue weighted by Crippen LogP contribution is 2.34. The van der Waals surface area contributed by atoms with Crippen molar-refractivity contribution in [2.24, 2.45) is 0 Å². The first-order chi connectivity index (χ1) is 21.8. The number of aromatic nitrogens is 4. The predicted octanol–water partition coefficient (Wildman–Crippen LogP) is 4.49. The molecule has 2 aliphatic rings. The molecule has 1 unspecified atom stereocenters. The normalized spacial score (nSPS) is 15.0. The molecule has 1 N–H and O–H groups in total. The van der Waals surface area contributed by atoms with Crippen LogP contribution in [-0.2, 0) is 22.7 Å². The summed E-state index contributed by atoms with van der Waals surface area (Å²) in [7, 11) is 3.89. The highest BCUT2D eigenvalue weighted by Gasteiger charge is 2.34. The summed E-state index contributed by atoms with van der Waals surface area (Å²) in [6.07, 6.45) is 5.08. The number of tetrazole rings is 1. The minimum absolute atomic E-state index is 0.0487. The number of ether oxygens (including phenoxy) is 2. The number of carbonyl (C=O) groups is 2. The second-order valence-corrected chi connectivity index (χ2v) is 11.6. The zero-order valence-corrected chi connectivity index (χ0v) is 25.4. The minimum atomic E-state index is -0.929. The van der Waals surface area contributed by atoms with Crippen molar-refractivity contribution in [3.05, 3.63) is 83.7 Å². The van der Waals surface area contributed by atoms with Gasteiger partial charge in [-0.05, 0) is 77.7 Å². The largest absolute Gasteiger partial charge is 0.454 e. The van der Waals surface area contributed by atoms with Gasteiger partial charge < -0.3 is 24.6 Å². The van der Waals surface area contributed by atoms with Gasteiger partial charge in [0.2, 0.25) is 24.4 Å². The van der Waals surface area contributed by atoms with Crippen LogP contribution < -0.4 is 19.7 Å². The van der Waals surface area contributed by atoms with E-state index in [0.29, 0.717) is 22.6 Å². The number of amides is 2. The summed E-state index contributed by atoms with van der Waals surface area (Å²) in [6, 6.07) is 18.0. The maximum absolute atomic E-state index is 14.2. The van der Waals surface area contributed by atoms with E-state index in [1.165, 1.54) is 16.9 Å². The number of nitrogens with one attached hydrogen (secondary N) is 1. The van der Waals surface area contributed by atoms with Gasteiger partial charge in [0, 0.05) is 37.9 Å². The van der Waals surface area contributed by atoms with Gasteiger partial charge in [0.1, 0.15) is 18.4 Å². The lowest BCUT2D eigenvalue weighted by atomic mass is 9.94. The molecule has 11 nitrogen and oxygen atoms in total. The molecule has 1 atom stereocenters. The van der Waals surface area contributed by atoms with Gasteiger partial charge in [-0.3, -0.25) is 9.59 Å². The first kappa shape index (κ1) is 30.0. The van der Waals surface area contributed by atoms with E-state index in [0.717, 1.165) is 43.4 Å². The average molecular weight is 614 g/mol. The van der Waals surface area contributed by atoms with Gasteiger partial charge in [0.25, 0.3) is 0 Å². The Kier molecular flexibility index (Phi) is 8.90. The topological polar surface area (TPSA) is 115 Å². The van der Waals surface area contributed by atoms with Gasteiger partial charge in [-0.1, -0.05) is 37.5 Å². The highest BCUT2D eigenvalue weighted by atomic mass is 19.1. The van der Waals surface area contributed by atoms with E-state index < -0.39 is 6.04 Å². The quantitative estimate of drug-likeness (QED) is 0.278. The molecule has 0 spiro atoms. The van der Waals surface area contributed by atoms with Crippen LogP contribution >= 0.6 is 0 Å². The molecular weight excluding hydrogens is 577 g/mol. The number of hydrogen-bond acceptors (Lipinski definition) is 8. The zero-order valence-electron chi connectivity index (χ0n) is 25.4. The van der Waals surface area contributed by atoms with E-state index in [-0.39, 0.29) is 49.4 Å². The van der Waals surface area contributed by atoms with Crippen LogP contribution in [0.5, 0.6) is 11.5 Å². The molecule has 0 radical (unpaired) electrons. The van der Waals surface area contributed by atoms with Crippen molar-refractivity contribution in [2.45, 2.75) is 57.3 Å². The number of hydrogen-bond donors (Lipinski definition) is 1. The lowest BCUT2D eigenvalue weighted by molar-refractivity contribution is -0.142. The second kappa shape index (κ2) is 13.3. The summed E-state index contributed by atoms with van der Waals surface area (Å²) in [5.74, 6) is 0.471. The first-order valence-corrected chi connectivity index (χ1v) is 15.1. The van der Waals surface area contributed by atoms with Gasteiger partial charge in [-0.25, -0.2) is 4.39 Å². The van der Waals surface area contributed by atoms with Crippen LogP contribution in [0.25, 0.3) is 11.4 Å². The molecule has 234 valence electrons. The van der Waals surface area contributed by atoms with Crippen molar-refractivity contribution in [1.82, 2.24) is 30.4 Å². The van der Waals surface area contributed by atoms with Crippen LogP contribution in [-0.4, -0.2) is 63.9 Å². The molecule has 6 rings (SSSR count). The number of halogens is 1. The third-order valence-electron chi connectivity index (χ3n) is 8.18. The molecule has 3 aromatic carbocycles. The fourth-order valence-electron chi connectivity index (χ4n) is 5.75. The van der Waals surface area contributed by atoms with E-state index in [4.69, 9.17) is 9.47 Å². The average Bonchev–Trinajstić information content (AvgIpc) is 3.71. The standard InChI is InChI=1S/C33H36FN7O4/c1-39(2)27-15-11-23(12-16-27)31(33(43)35-26-6-4-3-5-7-26)40(19-22-8-17-28-29(18-22)45-21-44-28)30(42)20-41-37-32(36-38-41)24-9-13-25(34)14-10-24/h8-18,26,31H,3-7,19-21H2,1-2H3,(H,35,43). The fourth-order valence-corrected chi connectivity index (χ4v) is 5.75. The Balaban J connectivity index is 1.34. The summed E-state index contributed by atoms with van der Waals surface area (Å²) in [6.45, 7) is -0.0185. The van der Waals surface area contributed by atoms with Crippen molar-refractivity contribution in [3.63, 3.8) is 0 Å². The van der Waals surface area contributed by atoms with Crippen molar-refractivity contribution in [1.29, 1.82) is 0 Å². The smallest absolute Gasteiger partial charge is 0.247 e. The van der Waals surface area contributed by atoms with E-state index in [9.17, 15) is 14.0 Å². The Hall–Kier alpha value is -5.00. The van der Waals surface area contributed by atoms with Gasteiger partial charge >= 0.3 is 0 Å². The summed E-state index contributed by atoms with van der Waals surface area (Å²) < 4.78 is 24.5. The van der Waals surface area contributed by atoms with Crippen molar-refractivity contribution >= 4 is 17.5 Å². The number of anilines is 1. The van der Waals surface area contributed by atoms with Crippen molar-refractivity contribution in [2.75, 3.05) is 25.8 Å². The number of carbonyl (C=O) groups excluding carboxylic acids is 2. The Morgan fingerprint density at radius 2 is 1.71 bits per heavy atom. The molecule has 1 saturated carbocycles. The summed E-state index contributed by atoms with van der Waals surface area (Å²) in [5.41, 5.74) is 2.99. The summed E-state index contributed by atoms with van der Waals surface area (Å²) in [5, 5.41) is 15.8. The maximum atomic E-state index is 14.2. The lowest BCUT2D eigenvalue weighted by Crippen LogP contribution is -2.47. The van der Waals surface area contributed by atoms with Crippen molar-refractivity contribution < 1.29 is 23.5 Å². The Morgan fingerprint density at radius 3 is 2.44 bits per heavy atom. The molecule has 1 fully saturated rings. The van der Waals surface area contributed by atoms with E-state index >= 15 is 0 Å². The van der Waals surface area contributed by atoms with Crippen LogP contribution in [0.15, 0.2) is 66.7 Å². The van der Waals surface area contributed by atoms with Gasteiger partial charge in [0.15, 0.2) is 11.5 Å². The number of benzene rings is 3. The highest BCUT2D eigenvalue weighted by molar-refractivity contribution is 5.89. The van der Waals surface area contributed by atoms with Crippen LogP contribution in [0.3, 0.4) is 0 Å². The maximum Gasteiger partial charge on any atom is 0.247 e. The number of fused-ring (bicyclic) bond motifs is 1. The lowest BCUT2D eigenvalue weighted by Gasteiger charge is -2.33. The molecule has 45 heavy (non-hydrogen) atoms. The molecule has 0 bridgehead atoms. The Labute approximate surface area is 260 Å². The zero-order chi connectivity index (χ0) is 31.3. The van der Waals surface area contributed by atoms with Crippen LogP contribution in [0, 0.1) is 5.82 Å². The summed E-state index contributed by atoms with van der Waals surface area (Å²) >= 11 is 0. The third kappa shape index (κ3) is 7.05. The van der Waals surface area contributed by atoms with Crippen LogP contribution in [0.2, 0.25) is 0 Å². The predicted molar refractivity (Wildman–Crippen MR) is 165 cm³/mol. The molecule has 1 aliphatic carbocycles. The molecule has 0 saturated heterocycles. The molecule has 2 heterocycles. The molecule has 12 heteroatoms. The van der Waals surface area contributed by atoms with Gasteiger partial charge in [-0.15, -0.1) is 10.2 Å². The Bertz CT molecular complexity index is 1640. The second-order valence-electron chi connectivity index (χ2n) is 11.6. The van der Waals surface area contributed by atoms with Gasteiger partial charge in [0.05, 0.1) is 0 Å². The van der Waals surface area contributed by atoms with E-state index in [2.05, 4.69) is 20.7 Å². The van der Waals surface area contributed by atoms with E-state index in [1.807, 2.05) is 55.4 Å². The Morgan fingerprint density at radius 1 is 0.978 bits per heavy atom. The third-order valence-corrected chi connectivity index (χ3v) is 8.18. The van der Waals surface area contributed by atoms with E-state index in [1.54, 1.807) is 23.1 Å².